The number of hydrogen-bond acceptors (Lipinski definition) is 7. The van der Waals surface area contributed by atoms with Crippen molar-refractivity contribution in [2.24, 2.45) is 7.05 Å². The van der Waals surface area contributed by atoms with E-state index in [1.165, 1.54) is 5.56 Å². The second-order valence-electron chi connectivity index (χ2n) is 10.2. The summed E-state index contributed by atoms with van der Waals surface area (Å²) in [6, 6.07) is 8.20. The summed E-state index contributed by atoms with van der Waals surface area (Å²) < 4.78 is 3.44. The number of carbonyl (C=O) groups excluding carboxylic acids is 1. The first kappa shape index (κ1) is 23.7. The van der Waals surface area contributed by atoms with Crippen molar-refractivity contribution in [2.45, 2.75) is 58.0 Å². The lowest BCUT2D eigenvalue weighted by Gasteiger charge is -2.20. The minimum absolute atomic E-state index is 0.0722. The van der Waals surface area contributed by atoms with Crippen molar-refractivity contribution in [1.29, 1.82) is 0 Å². The first-order valence-electron chi connectivity index (χ1n) is 12.2. The van der Waals surface area contributed by atoms with Gasteiger partial charge >= 0.3 is 0 Å². The Morgan fingerprint density at radius 1 is 1.14 bits per heavy atom. The highest BCUT2D eigenvalue weighted by Crippen LogP contribution is 2.32. The van der Waals surface area contributed by atoms with Crippen molar-refractivity contribution in [2.75, 3.05) is 5.32 Å². The highest BCUT2D eigenvalue weighted by molar-refractivity contribution is 5.92. The van der Waals surface area contributed by atoms with Crippen LogP contribution in [-0.2, 0) is 19.0 Å². The number of hydrogen-bond donors (Lipinski definition) is 2. The minimum atomic E-state index is -0.231. The SMILES string of the molecule is Cn1cc(Nc2nccc(-c3ccc4c(c3)CCCCC4NC(=O)c3cn(C(C)(C)C)nn3)n2)cn1. The van der Waals surface area contributed by atoms with Crippen LogP contribution in [0.5, 0.6) is 0 Å². The summed E-state index contributed by atoms with van der Waals surface area (Å²) in [5.41, 5.74) is 5.17. The fourth-order valence-electron chi connectivity index (χ4n) is 4.41. The Morgan fingerprint density at radius 2 is 2.00 bits per heavy atom. The number of nitrogens with zero attached hydrogens (tertiary/aromatic N) is 7. The third-order valence-electron chi connectivity index (χ3n) is 6.34. The Bertz CT molecular complexity index is 1380. The monoisotopic (exact) mass is 485 g/mol. The molecule has 10 nitrogen and oxygen atoms in total. The standard InChI is InChI=1S/C26H31N9O/c1-26(2,3)35-16-23(32-33-35)24(36)30-22-8-6-5-7-17-13-18(9-10-20(17)22)21-11-12-27-25(31-21)29-19-14-28-34(4)15-19/h9-16,22H,5-8H2,1-4H3,(H,30,36)(H,27,29,31). The fourth-order valence-corrected chi connectivity index (χ4v) is 4.41. The minimum Gasteiger partial charge on any atom is -0.344 e. The summed E-state index contributed by atoms with van der Waals surface area (Å²) in [5, 5.41) is 18.8. The molecule has 0 radical (unpaired) electrons. The van der Waals surface area contributed by atoms with Gasteiger partial charge in [-0.15, -0.1) is 5.10 Å². The maximum atomic E-state index is 13.0. The number of amides is 1. The fraction of sp³-hybridized carbons (Fsp3) is 0.385. The van der Waals surface area contributed by atoms with Crippen LogP contribution < -0.4 is 10.6 Å². The van der Waals surface area contributed by atoms with Crippen LogP contribution in [0, 0.1) is 0 Å². The largest absolute Gasteiger partial charge is 0.344 e. The van der Waals surface area contributed by atoms with Gasteiger partial charge in [-0.2, -0.15) is 5.10 Å². The molecule has 0 saturated carbocycles. The average Bonchev–Trinajstić information content (AvgIpc) is 3.46. The van der Waals surface area contributed by atoms with E-state index in [-0.39, 0.29) is 17.5 Å². The Balaban J connectivity index is 1.36. The zero-order chi connectivity index (χ0) is 25.3. The van der Waals surface area contributed by atoms with E-state index in [0.717, 1.165) is 48.2 Å². The molecule has 5 rings (SSSR count). The number of aryl methyl sites for hydroxylation is 2. The van der Waals surface area contributed by atoms with Gasteiger partial charge in [-0.05, 0) is 63.3 Å². The molecule has 1 unspecified atom stereocenters. The highest BCUT2D eigenvalue weighted by Gasteiger charge is 2.24. The average molecular weight is 486 g/mol. The molecule has 1 atom stereocenters. The maximum absolute atomic E-state index is 13.0. The number of anilines is 2. The van der Waals surface area contributed by atoms with Crippen LogP contribution in [0.1, 0.15) is 67.7 Å². The third-order valence-corrected chi connectivity index (χ3v) is 6.34. The smallest absolute Gasteiger partial charge is 0.273 e. The van der Waals surface area contributed by atoms with Gasteiger partial charge in [0.05, 0.1) is 35.4 Å². The Hall–Kier alpha value is -4.08. The van der Waals surface area contributed by atoms with Crippen LogP contribution in [0.15, 0.2) is 49.1 Å². The van der Waals surface area contributed by atoms with Crippen molar-refractivity contribution in [3.63, 3.8) is 0 Å². The molecule has 2 N–H and O–H groups in total. The van der Waals surface area contributed by atoms with Crippen LogP contribution in [0.4, 0.5) is 11.6 Å². The number of carbonyl (C=O) groups is 1. The van der Waals surface area contributed by atoms with E-state index in [1.807, 2.05) is 40.1 Å². The molecule has 0 bridgehead atoms. The maximum Gasteiger partial charge on any atom is 0.273 e. The predicted molar refractivity (Wildman–Crippen MR) is 137 cm³/mol. The van der Waals surface area contributed by atoms with Gasteiger partial charge < -0.3 is 10.6 Å². The molecule has 36 heavy (non-hydrogen) atoms. The molecule has 3 heterocycles. The van der Waals surface area contributed by atoms with Crippen molar-refractivity contribution >= 4 is 17.5 Å². The number of benzene rings is 1. The molecular formula is C26H31N9O. The topological polar surface area (TPSA) is 115 Å². The molecule has 1 aromatic carbocycles. The summed E-state index contributed by atoms with van der Waals surface area (Å²) in [6.45, 7) is 6.08. The summed E-state index contributed by atoms with van der Waals surface area (Å²) in [5.74, 6) is 0.318. The van der Waals surface area contributed by atoms with E-state index in [2.05, 4.69) is 49.2 Å². The lowest BCUT2D eigenvalue weighted by Crippen LogP contribution is -2.29. The molecule has 0 saturated heterocycles. The molecule has 1 amide bonds. The summed E-state index contributed by atoms with van der Waals surface area (Å²) >= 11 is 0. The van der Waals surface area contributed by atoms with Gasteiger partial charge in [0.15, 0.2) is 5.69 Å². The molecule has 0 spiro atoms. The molecule has 1 aliphatic rings. The lowest BCUT2D eigenvalue weighted by atomic mass is 9.95. The van der Waals surface area contributed by atoms with Crippen LogP contribution in [0.2, 0.25) is 0 Å². The molecule has 3 aromatic heterocycles. The molecule has 0 fully saturated rings. The summed E-state index contributed by atoms with van der Waals surface area (Å²) in [6.07, 6.45) is 11.0. The molecule has 10 heteroatoms. The van der Waals surface area contributed by atoms with Crippen molar-refractivity contribution < 1.29 is 4.79 Å². The van der Waals surface area contributed by atoms with Gasteiger partial charge in [0, 0.05) is 25.0 Å². The van der Waals surface area contributed by atoms with E-state index < -0.39 is 0 Å². The van der Waals surface area contributed by atoms with Gasteiger partial charge in [0.1, 0.15) is 0 Å². The number of fused-ring (bicyclic) bond motifs is 1. The van der Waals surface area contributed by atoms with Crippen LogP contribution in [-0.4, -0.2) is 40.6 Å². The van der Waals surface area contributed by atoms with E-state index in [4.69, 9.17) is 4.98 Å². The first-order valence-corrected chi connectivity index (χ1v) is 12.2. The molecular weight excluding hydrogens is 454 g/mol. The van der Waals surface area contributed by atoms with Crippen LogP contribution >= 0.6 is 0 Å². The molecule has 0 aliphatic heterocycles. The van der Waals surface area contributed by atoms with E-state index in [9.17, 15) is 4.79 Å². The van der Waals surface area contributed by atoms with Gasteiger partial charge in [0.2, 0.25) is 5.95 Å². The molecule has 186 valence electrons. The zero-order valence-electron chi connectivity index (χ0n) is 21.1. The van der Waals surface area contributed by atoms with Crippen LogP contribution in [0.25, 0.3) is 11.3 Å². The quantitative estimate of drug-likeness (QED) is 0.408. The first-order chi connectivity index (χ1) is 17.3. The highest BCUT2D eigenvalue weighted by atomic mass is 16.2. The van der Waals surface area contributed by atoms with Gasteiger partial charge in [-0.3, -0.25) is 9.48 Å². The van der Waals surface area contributed by atoms with Crippen LogP contribution in [0.3, 0.4) is 0 Å². The Labute approximate surface area is 210 Å². The summed E-state index contributed by atoms with van der Waals surface area (Å²) in [4.78, 5) is 22.0. The number of rotatable bonds is 5. The Morgan fingerprint density at radius 3 is 2.75 bits per heavy atom. The molecule has 1 aliphatic carbocycles. The van der Waals surface area contributed by atoms with E-state index in [1.54, 1.807) is 28.0 Å². The predicted octanol–water partition coefficient (Wildman–Crippen LogP) is 4.16. The van der Waals surface area contributed by atoms with Crippen molar-refractivity contribution in [3.8, 4) is 11.3 Å². The molecule has 4 aromatic rings. The number of aromatic nitrogens is 7. The van der Waals surface area contributed by atoms with Crippen molar-refractivity contribution in [3.05, 3.63) is 65.9 Å². The lowest BCUT2D eigenvalue weighted by molar-refractivity contribution is 0.0929. The van der Waals surface area contributed by atoms with Gasteiger partial charge in [-0.25, -0.2) is 14.6 Å². The van der Waals surface area contributed by atoms with Crippen molar-refractivity contribution in [1.82, 2.24) is 40.1 Å². The second kappa shape index (κ2) is 9.52. The van der Waals surface area contributed by atoms with E-state index in [0.29, 0.717) is 11.6 Å². The zero-order valence-corrected chi connectivity index (χ0v) is 21.1. The van der Waals surface area contributed by atoms with Gasteiger partial charge in [0.25, 0.3) is 5.91 Å². The van der Waals surface area contributed by atoms with E-state index >= 15 is 0 Å². The normalized spacial score (nSPS) is 15.7. The summed E-state index contributed by atoms with van der Waals surface area (Å²) in [7, 11) is 1.86. The number of nitrogens with one attached hydrogen (secondary N) is 2. The van der Waals surface area contributed by atoms with Gasteiger partial charge in [-0.1, -0.05) is 23.8 Å². The third kappa shape index (κ3) is 5.12. The Kier molecular flexibility index (Phi) is 6.26. The second-order valence-corrected chi connectivity index (χ2v) is 10.2.